The number of nitrogens with zero attached hydrogens (tertiary/aromatic N) is 4. The summed E-state index contributed by atoms with van der Waals surface area (Å²) in [6, 6.07) is 7.84. The summed E-state index contributed by atoms with van der Waals surface area (Å²) in [5.41, 5.74) is 0.456. The number of anilines is 1. The fourth-order valence-corrected chi connectivity index (χ4v) is 3.91. The van der Waals surface area contributed by atoms with E-state index in [9.17, 15) is 22.0 Å². The lowest BCUT2D eigenvalue weighted by atomic mass is 10.2. The first-order valence-electron chi connectivity index (χ1n) is 8.66. The molecule has 0 aliphatic carbocycles. The monoisotopic (exact) mass is 445 g/mol. The van der Waals surface area contributed by atoms with Gasteiger partial charge in [-0.05, 0) is 30.3 Å². The third-order valence-electron chi connectivity index (χ3n) is 4.22. The number of ether oxygens (including phenoxy) is 1. The summed E-state index contributed by atoms with van der Waals surface area (Å²) in [7, 11) is -3.16. The van der Waals surface area contributed by atoms with Crippen LogP contribution in [0.25, 0.3) is 16.9 Å². The van der Waals surface area contributed by atoms with E-state index >= 15 is 0 Å². The molecule has 0 fully saturated rings. The van der Waals surface area contributed by atoms with Gasteiger partial charge in [-0.3, -0.25) is 9.52 Å². The molecule has 4 aromatic rings. The number of benzene rings is 1. The SMILES string of the molecule is COc1ncc(-c2ccc3nccc(=O)n3n2)cc1NS(=O)(=O)c1ccc(F)cc1F. The molecule has 4 rings (SSSR count). The number of halogens is 2. The van der Waals surface area contributed by atoms with E-state index in [2.05, 4.69) is 19.8 Å². The summed E-state index contributed by atoms with van der Waals surface area (Å²) in [5.74, 6) is -2.25. The Balaban J connectivity index is 1.78. The van der Waals surface area contributed by atoms with Gasteiger partial charge in [0, 0.05) is 30.1 Å². The number of pyridine rings is 1. The van der Waals surface area contributed by atoms with Crippen molar-refractivity contribution in [1.29, 1.82) is 0 Å². The molecule has 0 amide bonds. The van der Waals surface area contributed by atoms with Crippen molar-refractivity contribution in [3.05, 3.63) is 76.8 Å². The number of rotatable bonds is 5. The minimum Gasteiger partial charge on any atom is -0.480 e. The van der Waals surface area contributed by atoms with Crippen molar-refractivity contribution in [2.24, 2.45) is 0 Å². The van der Waals surface area contributed by atoms with Gasteiger partial charge in [0.15, 0.2) is 5.65 Å². The van der Waals surface area contributed by atoms with E-state index in [0.717, 1.165) is 16.6 Å². The van der Waals surface area contributed by atoms with Crippen molar-refractivity contribution in [3.63, 3.8) is 0 Å². The van der Waals surface area contributed by atoms with E-state index in [1.54, 1.807) is 12.1 Å². The molecule has 0 bridgehead atoms. The van der Waals surface area contributed by atoms with Crippen molar-refractivity contribution >= 4 is 21.4 Å². The number of hydrogen-bond donors (Lipinski definition) is 1. The Morgan fingerprint density at radius 2 is 1.87 bits per heavy atom. The lowest BCUT2D eigenvalue weighted by Gasteiger charge is -2.13. The van der Waals surface area contributed by atoms with Crippen LogP contribution in [0.2, 0.25) is 0 Å². The smallest absolute Gasteiger partial charge is 0.274 e. The Kier molecular flexibility index (Phi) is 5.07. The average molecular weight is 445 g/mol. The first kappa shape index (κ1) is 20.3. The molecule has 12 heteroatoms. The number of sulfonamides is 1. The van der Waals surface area contributed by atoms with Gasteiger partial charge < -0.3 is 4.74 Å². The molecule has 0 aliphatic heterocycles. The van der Waals surface area contributed by atoms with Crippen molar-refractivity contribution in [2.75, 3.05) is 11.8 Å². The maximum absolute atomic E-state index is 14.0. The molecule has 0 saturated carbocycles. The number of fused-ring (bicyclic) bond motifs is 1. The number of methoxy groups -OCH3 is 1. The first-order chi connectivity index (χ1) is 14.8. The molecule has 158 valence electrons. The molecule has 3 aromatic heterocycles. The van der Waals surface area contributed by atoms with Crippen molar-refractivity contribution < 1.29 is 21.9 Å². The fraction of sp³-hybridized carbons (Fsp3) is 0.0526. The molecule has 9 nitrogen and oxygen atoms in total. The van der Waals surface area contributed by atoms with Crippen LogP contribution < -0.4 is 15.0 Å². The second-order valence-corrected chi connectivity index (χ2v) is 7.88. The highest BCUT2D eigenvalue weighted by atomic mass is 32.2. The molecule has 0 unspecified atom stereocenters. The van der Waals surface area contributed by atoms with Crippen LogP contribution in [0.3, 0.4) is 0 Å². The van der Waals surface area contributed by atoms with Gasteiger partial charge in [0.05, 0.1) is 12.8 Å². The van der Waals surface area contributed by atoms with Crippen molar-refractivity contribution in [1.82, 2.24) is 19.6 Å². The van der Waals surface area contributed by atoms with E-state index in [1.165, 1.54) is 31.6 Å². The summed E-state index contributed by atoms with van der Waals surface area (Å²) in [6.45, 7) is 0. The van der Waals surface area contributed by atoms with Crippen molar-refractivity contribution in [3.8, 4) is 17.1 Å². The molecule has 3 heterocycles. The van der Waals surface area contributed by atoms with Gasteiger partial charge >= 0.3 is 0 Å². The molecule has 0 aliphatic rings. The van der Waals surface area contributed by atoms with E-state index in [1.807, 2.05) is 0 Å². The molecule has 0 radical (unpaired) electrons. The van der Waals surface area contributed by atoms with Crippen LogP contribution in [-0.4, -0.2) is 35.1 Å². The largest absolute Gasteiger partial charge is 0.480 e. The van der Waals surface area contributed by atoms with Crippen molar-refractivity contribution in [2.45, 2.75) is 4.90 Å². The fourth-order valence-electron chi connectivity index (χ4n) is 2.80. The van der Waals surface area contributed by atoms with Gasteiger partial charge in [0.25, 0.3) is 15.6 Å². The summed E-state index contributed by atoms with van der Waals surface area (Å²) in [4.78, 5) is 19.3. The van der Waals surface area contributed by atoms with Gasteiger partial charge in [-0.25, -0.2) is 27.2 Å². The zero-order chi connectivity index (χ0) is 22.2. The summed E-state index contributed by atoms with van der Waals surface area (Å²) < 4.78 is 60.8. The summed E-state index contributed by atoms with van der Waals surface area (Å²) in [5, 5.41) is 4.20. The Hall–Kier alpha value is -3.93. The highest BCUT2D eigenvalue weighted by Gasteiger charge is 2.22. The minimum atomic E-state index is -4.43. The predicted octanol–water partition coefficient (Wildman–Crippen LogP) is 2.24. The maximum Gasteiger partial charge on any atom is 0.274 e. The van der Waals surface area contributed by atoms with Gasteiger partial charge in [0.2, 0.25) is 5.88 Å². The van der Waals surface area contributed by atoms with Gasteiger partial charge in [-0.1, -0.05) is 0 Å². The molecule has 0 spiro atoms. The normalized spacial score (nSPS) is 11.5. The molecule has 31 heavy (non-hydrogen) atoms. The zero-order valence-electron chi connectivity index (χ0n) is 15.8. The highest BCUT2D eigenvalue weighted by molar-refractivity contribution is 7.92. The van der Waals surface area contributed by atoms with Crippen LogP contribution in [0.5, 0.6) is 5.88 Å². The number of aromatic nitrogens is 4. The minimum absolute atomic E-state index is 0.0885. The highest BCUT2D eigenvalue weighted by Crippen LogP contribution is 2.30. The van der Waals surface area contributed by atoms with E-state index < -0.39 is 32.1 Å². The Morgan fingerprint density at radius 3 is 2.61 bits per heavy atom. The Labute approximate surface area is 174 Å². The maximum atomic E-state index is 14.0. The lowest BCUT2D eigenvalue weighted by molar-refractivity contribution is 0.400. The molecule has 0 saturated heterocycles. The number of hydrogen-bond acceptors (Lipinski definition) is 7. The van der Waals surface area contributed by atoms with E-state index in [0.29, 0.717) is 23.0 Å². The molecule has 0 atom stereocenters. The lowest BCUT2D eigenvalue weighted by Crippen LogP contribution is -2.17. The van der Waals surface area contributed by atoms with Crippen LogP contribution in [0.1, 0.15) is 0 Å². The van der Waals surface area contributed by atoms with Crippen LogP contribution >= 0.6 is 0 Å². The second kappa shape index (κ2) is 7.72. The van der Waals surface area contributed by atoms with E-state index in [4.69, 9.17) is 4.74 Å². The van der Waals surface area contributed by atoms with Crippen LogP contribution in [-0.2, 0) is 10.0 Å². The second-order valence-electron chi connectivity index (χ2n) is 6.23. The standard InChI is InChI=1S/C19H13F2N5O4S/c1-30-19-15(25-31(28,29)16-4-2-12(20)9-13(16)21)8-11(10-23-19)14-3-5-17-22-7-6-18(27)26(17)24-14/h2-10,25H,1H3. The zero-order valence-corrected chi connectivity index (χ0v) is 16.6. The average Bonchev–Trinajstić information content (AvgIpc) is 2.73. The first-order valence-corrected chi connectivity index (χ1v) is 10.1. The molecule has 1 aromatic carbocycles. The van der Waals surface area contributed by atoms with Crippen LogP contribution in [0.15, 0.2) is 64.5 Å². The third-order valence-corrected chi connectivity index (χ3v) is 5.61. The summed E-state index contributed by atoms with van der Waals surface area (Å²) >= 11 is 0. The third kappa shape index (κ3) is 3.92. The van der Waals surface area contributed by atoms with Gasteiger partial charge in [-0.2, -0.15) is 9.61 Å². The van der Waals surface area contributed by atoms with E-state index in [-0.39, 0.29) is 11.6 Å². The molecule has 1 N–H and O–H groups in total. The van der Waals surface area contributed by atoms with Gasteiger partial charge in [0.1, 0.15) is 22.2 Å². The molecular weight excluding hydrogens is 432 g/mol. The predicted molar refractivity (Wildman–Crippen MR) is 106 cm³/mol. The number of nitrogens with one attached hydrogen (secondary N) is 1. The Morgan fingerprint density at radius 1 is 1.06 bits per heavy atom. The Bertz CT molecular complexity index is 1470. The summed E-state index contributed by atoms with van der Waals surface area (Å²) in [6.07, 6.45) is 2.72. The quantitative estimate of drug-likeness (QED) is 0.501. The topological polar surface area (TPSA) is 116 Å². The van der Waals surface area contributed by atoms with Crippen LogP contribution in [0.4, 0.5) is 14.5 Å². The molecular formula is C19H13F2N5O4S. The van der Waals surface area contributed by atoms with Crippen LogP contribution in [0, 0.1) is 11.6 Å². The van der Waals surface area contributed by atoms with Gasteiger partial charge in [-0.15, -0.1) is 0 Å².